The molecular formula is C16H24N2O. The van der Waals surface area contributed by atoms with Gasteiger partial charge in [-0.05, 0) is 30.4 Å². The fourth-order valence-corrected chi connectivity index (χ4v) is 2.62. The van der Waals surface area contributed by atoms with Crippen LogP contribution in [-0.4, -0.2) is 30.4 Å². The zero-order valence-corrected chi connectivity index (χ0v) is 11.8. The van der Waals surface area contributed by atoms with Crippen LogP contribution in [0.3, 0.4) is 0 Å². The second kappa shape index (κ2) is 7.29. The zero-order valence-electron chi connectivity index (χ0n) is 11.8. The molecule has 0 spiro atoms. The number of hydrogen-bond acceptors (Lipinski definition) is 2. The van der Waals surface area contributed by atoms with E-state index < -0.39 is 0 Å². The minimum absolute atomic E-state index is 0.300. The average molecular weight is 260 g/mol. The Bertz CT molecular complexity index is 411. The maximum atomic E-state index is 11.9. The number of nitrogens with one attached hydrogen (secondary N) is 1. The van der Waals surface area contributed by atoms with Gasteiger partial charge in [0.15, 0.2) is 0 Å². The molecule has 1 aliphatic heterocycles. The first-order chi connectivity index (χ1) is 9.31. The second-order valence-electron chi connectivity index (χ2n) is 5.14. The van der Waals surface area contributed by atoms with Crippen molar-refractivity contribution in [2.75, 3.05) is 19.6 Å². The molecule has 1 amide bonds. The normalized spacial score (nSPS) is 14.9. The van der Waals surface area contributed by atoms with Crippen LogP contribution in [0, 0.1) is 0 Å². The van der Waals surface area contributed by atoms with E-state index in [-0.39, 0.29) is 0 Å². The van der Waals surface area contributed by atoms with Crippen LogP contribution >= 0.6 is 0 Å². The Labute approximate surface area is 116 Å². The highest BCUT2D eigenvalue weighted by Gasteiger charge is 2.16. The van der Waals surface area contributed by atoms with E-state index in [0.717, 1.165) is 32.6 Å². The van der Waals surface area contributed by atoms with Crippen molar-refractivity contribution in [3.63, 3.8) is 0 Å². The predicted octanol–water partition coefficient (Wildman–Crippen LogP) is 2.35. The number of rotatable bonds is 6. The highest BCUT2D eigenvalue weighted by Crippen LogP contribution is 2.10. The molecule has 0 radical (unpaired) electrons. The lowest BCUT2D eigenvalue weighted by atomic mass is 10.1. The van der Waals surface area contributed by atoms with Crippen LogP contribution in [-0.2, 0) is 17.8 Å². The van der Waals surface area contributed by atoms with E-state index in [0.29, 0.717) is 12.3 Å². The largest absolute Gasteiger partial charge is 0.343 e. The highest BCUT2D eigenvalue weighted by molar-refractivity contribution is 5.76. The van der Waals surface area contributed by atoms with Crippen molar-refractivity contribution in [1.29, 1.82) is 0 Å². The Hall–Kier alpha value is -1.35. The number of likely N-dealkylation sites (tertiary alicyclic amines) is 1. The third-order valence-corrected chi connectivity index (χ3v) is 3.79. The van der Waals surface area contributed by atoms with Crippen molar-refractivity contribution >= 4 is 5.91 Å². The molecule has 0 atom stereocenters. The van der Waals surface area contributed by atoms with Gasteiger partial charge in [-0.1, -0.05) is 31.2 Å². The van der Waals surface area contributed by atoms with Crippen LogP contribution in [0.2, 0.25) is 0 Å². The first-order valence-electron chi connectivity index (χ1n) is 7.36. The van der Waals surface area contributed by atoms with E-state index >= 15 is 0 Å². The minimum Gasteiger partial charge on any atom is -0.343 e. The van der Waals surface area contributed by atoms with Crippen LogP contribution in [0.15, 0.2) is 24.3 Å². The van der Waals surface area contributed by atoms with Gasteiger partial charge in [-0.2, -0.15) is 0 Å². The molecule has 104 valence electrons. The minimum atomic E-state index is 0.300. The number of amides is 1. The quantitative estimate of drug-likeness (QED) is 0.796. The van der Waals surface area contributed by atoms with E-state index in [1.165, 1.54) is 24.0 Å². The molecule has 0 bridgehead atoms. The third kappa shape index (κ3) is 4.06. The van der Waals surface area contributed by atoms with Gasteiger partial charge in [0.1, 0.15) is 0 Å². The summed E-state index contributed by atoms with van der Waals surface area (Å²) in [5, 5.41) is 3.38. The van der Waals surface area contributed by atoms with Gasteiger partial charge in [-0.15, -0.1) is 0 Å². The Morgan fingerprint density at radius 3 is 2.58 bits per heavy atom. The number of carbonyl (C=O) groups excluding carboxylic acids is 1. The van der Waals surface area contributed by atoms with E-state index in [2.05, 4.69) is 36.5 Å². The van der Waals surface area contributed by atoms with Crippen molar-refractivity contribution in [3.05, 3.63) is 35.4 Å². The molecule has 0 aliphatic carbocycles. The van der Waals surface area contributed by atoms with Gasteiger partial charge >= 0.3 is 0 Å². The number of carbonyl (C=O) groups is 1. The number of benzene rings is 1. The molecule has 1 N–H and O–H groups in total. The number of hydrogen-bond donors (Lipinski definition) is 1. The molecule has 1 aliphatic rings. The van der Waals surface area contributed by atoms with E-state index in [9.17, 15) is 4.79 Å². The predicted molar refractivity (Wildman–Crippen MR) is 78.0 cm³/mol. The Balaban J connectivity index is 1.70. The Kier molecular flexibility index (Phi) is 5.40. The topological polar surface area (TPSA) is 32.3 Å². The second-order valence-corrected chi connectivity index (χ2v) is 5.14. The Morgan fingerprint density at radius 1 is 1.21 bits per heavy atom. The van der Waals surface area contributed by atoms with Crippen molar-refractivity contribution < 1.29 is 4.79 Å². The number of aryl methyl sites for hydroxylation is 1. The fraction of sp³-hybridized carbons (Fsp3) is 0.562. The van der Waals surface area contributed by atoms with Crippen LogP contribution < -0.4 is 5.32 Å². The summed E-state index contributed by atoms with van der Waals surface area (Å²) in [5.41, 5.74) is 2.74. The molecular weight excluding hydrogens is 236 g/mol. The first kappa shape index (κ1) is 14.1. The summed E-state index contributed by atoms with van der Waals surface area (Å²) in [5.74, 6) is 0.300. The molecule has 1 saturated heterocycles. The summed E-state index contributed by atoms with van der Waals surface area (Å²) in [7, 11) is 0. The van der Waals surface area contributed by atoms with E-state index in [1.807, 2.05) is 4.90 Å². The SMILES string of the molecule is CCc1ccccc1CNCCC(=O)N1CCCC1. The lowest BCUT2D eigenvalue weighted by Gasteiger charge is -2.15. The molecule has 0 unspecified atom stereocenters. The Morgan fingerprint density at radius 2 is 1.89 bits per heavy atom. The van der Waals surface area contributed by atoms with Crippen molar-refractivity contribution in [2.45, 2.75) is 39.2 Å². The van der Waals surface area contributed by atoms with Crippen LogP contribution in [0.25, 0.3) is 0 Å². The monoisotopic (exact) mass is 260 g/mol. The van der Waals surface area contributed by atoms with Gasteiger partial charge in [0, 0.05) is 32.6 Å². The lowest BCUT2D eigenvalue weighted by Crippen LogP contribution is -2.30. The van der Waals surface area contributed by atoms with Gasteiger partial charge < -0.3 is 10.2 Å². The van der Waals surface area contributed by atoms with Crippen molar-refractivity contribution in [3.8, 4) is 0 Å². The molecule has 1 aromatic carbocycles. The van der Waals surface area contributed by atoms with Gasteiger partial charge in [0.05, 0.1) is 0 Å². The first-order valence-corrected chi connectivity index (χ1v) is 7.36. The summed E-state index contributed by atoms with van der Waals surface area (Å²) in [6, 6.07) is 8.49. The summed E-state index contributed by atoms with van der Waals surface area (Å²) in [4.78, 5) is 13.9. The van der Waals surface area contributed by atoms with Crippen LogP contribution in [0.4, 0.5) is 0 Å². The van der Waals surface area contributed by atoms with E-state index in [1.54, 1.807) is 0 Å². The van der Waals surface area contributed by atoms with Gasteiger partial charge in [0.25, 0.3) is 0 Å². The third-order valence-electron chi connectivity index (χ3n) is 3.79. The lowest BCUT2D eigenvalue weighted by molar-refractivity contribution is -0.130. The average Bonchev–Trinajstić information content (AvgIpc) is 2.98. The molecule has 1 heterocycles. The van der Waals surface area contributed by atoms with Crippen LogP contribution in [0.5, 0.6) is 0 Å². The molecule has 3 heteroatoms. The molecule has 1 aromatic rings. The van der Waals surface area contributed by atoms with Crippen LogP contribution in [0.1, 0.15) is 37.3 Å². The number of nitrogens with zero attached hydrogens (tertiary/aromatic N) is 1. The summed E-state index contributed by atoms with van der Waals surface area (Å²) < 4.78 is 0. The summed E-state index contributed by atoms with van der Waals surface area (Å²) in [6.45, 7) is 5.72. The van der Waals surface area contributed by atoms with Gasteiger partial charge in [0.2, 0.25) is 5.91 Å². The van der Waals surface area contributed by atoms with Crippen molar-refractivity contribution in [2.24, 2.45) is 0 Å². The highest BCUT2D eigenvalue weighted by atomic mass is 16.2. The molecule has 1 fully saturated rings. The zero-order chi connectivity index (χ0) is 13.5. The smallest absolute Gasteiger partial charge is 0.223 e. The molecule has 0 saturated carbocycles. The summed E-state index contributed by atoms with van der Waals surface area (Å²) in [6.07, 6.45) is 4.02. The molecule has 19 heavy (non-hydrogen) atoms. The van der Waals surface area contributed by atoms with Gasteiger partial charge in [-0.25, -0.2) is 0 Å². The molecule has 0 aromatic heterocycles. The maximum Gasteiger partial charge on any atom is 0.223 e. The molecule has 2 rings (SSSR count). The van der Waals surface area contributed by atoms with Crippen molar-refractivity contribution in [1.82, 2.24) is 10.2 Å². The standard InChI is InChI=1S/C16H24N2O/c1-2-14-7-3-4-8-15(14)13-17-10-9-16(19)18-11-5-6-12-18/h3-4,7-8,17H,2,5-6,9-13H2,1H3. The molecule has 3 nitrogen and oxygen atoms in total. The fourth-order valence-electron chi connectivity index (χ4n) is 2.62. The van der Waals surface area contributed by atoms with Gasteiger partial charge in [-0.3, -0.25) is 4.79 Å². The van der Waals surface area contributed by atoms with E-state index in [4.69, 9.17) is 0 Å². The maximum absolute atomic E-state index is 11.9. The summed E-state index contributed by atoms with van der Waals surface area (Å²) >= 11 is 0.